The highest BCUT2D eigenvalue weighted by molar-refractivity contribution is 6.04. The normalized spacial score (nSPS) is 16.5. The molecule has 140 valence electrons. The Kier molecular flexibility index (Phi) is 7.55. The Morgan fingerprint density at radius 3 is 2.04 bits per heavy atom. The number of carbonyl (C=O) groups excluding carboxylic acids is 1. The third-order valence-corrected chi connectivity index (χ3v) is 5.29. The monoisotopic (exact) mass is 352 g/mol. The smallest absolute Gasteiger partial charge is 0.185 e. The number of nitrogens with zero attached hydrogens (tertiary/aromatic N) is 2. The molecule has 0 radical (unpaired) electrons. The molecule has 1 aliphatic carbocycles. The van der Waals surface area contributed by atoms with Crippen LogP contribution in [-0.2, 0) is 0 Å². The average Bonchev–Trinajstić information content (AvgIpc) is 2.69. The van der Waals surface area contributed by atoms with Crippen LogP contribution in [0.25, 0.3) is 0 Å². The molecule has 0 fully saturated rings. The quantitative estimate of drug-likeness (QED) is 0.366. The molecule has 0 atom stereocenters. The molecule has 3 nitrogen and oxygen atoms in total. The van der Waals surface area contributed by atoms with E-state index < -0.39 is 0 Å². The fourth-order valence-electron chi connectivity index (χ4n) is 3.84. The van der Waals surface area contributed by atoms with Gasteiger partial charge in [0, 0.05) is 12.0 Å². The van der Waals surface area contributed by atoms with E-state index in [2.05, 4.69) is 55.7 Å². The second-order valence-electron chi connectivity index (χ2n) is 6.53. The number of hydrogen-bond donors (Lipinski definition) is 0. The lowest BCUT2D eigenvalue weighted by molar-refractivity contribution is -0.00974. The third-order valence-electron chi connectivity index (χ3n) is 5.29. The highest BCUT2D eigenvalue weighted by Crippen LogP contribution is 2.31. The van der Waals surface area contributed by atoms with Gasteiger partial charge in [0.2, 0.25) is 0 Å². The molecule has 1 aliphatic rings. The van der Waals surface area contributed by atoms with Gasteiger partial charge in [-0.3, -0.25) is 14.6 Å². The first-order valence-corrected chi connectivity index (χ1v) is 9.78. The Balaban J connectivity index is 2.17. The molecule has 0 aliphatic heterocycles. The fourth-order valence-corrected chi connectivity index (χ4v) is 3.84. The van der Waals surface area contributed by atoms with Gasteiger partial charge < -0.3 is 0 Å². The summed E-state index contributed by atoms with van der Waals surface area (Å²) >= 11 is 0. The van der Waals surface area contributed by atoms with Crippen LogP contribution in [0, 0.1) is 0 Å². The summed E-state index contributed by atoms with van der Waals surface area (Å²) < 4.78 is 0. The van der Waals surface area contributed by atoms with Gasteiger partial charge in [0.15, 0.2) is 5.78 Å². The number of likely N-dealkylation sites (N-methyl/N-ethyl adjacent to an activating group) is 2. The molecule has 1 aromatic carbocycles. The van der Waals surface area contributed by atoms with Gasteiger partial charge in [0.05, 0.1) is 5.66 Å². The van der Waals surface area contributed by atoms with Crippen LogP contribution < -0.4 is 0 Å². The minimum Gasteiger partial charge on any atom is -0.289 e. The summed E-state index contributed by atoms with van der Waals surface area (Å²) in [6, 6.07) is 9.41. The van der Waals surface area contributed by atoms with Crippen molar-refractivity contribution in [3.05, 3.63) is 71.8 Å². The van der Waals surface area contributed by atoms with Crippen molar-refractivity contribution < 1.29 is 4.79 Å². The van der Waals surface area contributed by atoms with Crippen LogP contribution in [0.4, 0.5) is 0 Å². The van der Waals surface area contributed by atoms with Gasteiger partial charge in [-0.05, 0) is 43.9 Å². The molecule has 2 rings (SSSR count). The zero-order valence-electron chi connectivity index (χ0n) is 16.6. The van der Waals surface area contributed by atoms with Crippen LogP contribution in [0.2, 0.25) is 0 Å². The lowest BCUT2D eigenvalue weighted by Crippen LogP contribution is -2.59. The summed E-state index contributed by atoms with van der Waals surface area (Å²) in [4.78, 5) is 17.3. The lowest BCUT2D eigenvalue weighted by Gasteiger charge is -2.49. The van der Waals surface area contributed by atoms with Crippen LogP contribution in [0.1, 0.15) is 44.5 Å². The number of benzene rings is 1. The van der Waals surface area contributed by atoms with Crippen LogP contribution in [0.15, 0.2) is 66.3 Å². The second kappa shape index (κ2) is 9.65. The molecule has 0 saturated heterocycles. The Morgan fingerprint density at radius 2 is 1.58 bits per heavy atom. The van der Waals surface area contributed by atoms with E-state index in [9.17, 15) is 4.79 Å². The maximum atomic E-state index is 12.3. The number of ketones is 1. The van der Waals surface area contributed by atoms with Gasteiger partial charge in [0.25, 0.3) is 0 Å². The zero-order chi connectivity index (χ0) is 19.0. The SMILES string of the molecule is CCN(CC)C1(N(CC)CC)C=CC(C=CC(=O)c2ccccc2)=CC1. The van der Waals surface area contributed by atoms with Crippen LogP contribution in [0.5, 0.6) is 0 Å². The summed E-state index contributed by atoms with van der Waals surface area (Å²) in [5.41, 5.74) is 1.77. The van der Waals surface area contributed by atoms with Crippen molar-refractivity contribution in [1.82, 2.24) is 9.80 Å². The van der Waals surface area contributed by atoms with Crippen molar-refractivity contribution in [2.75, 3.05) is 26.2 Å². The van der Waals surface area contributed by atoms with Gasteiger partial charge in [-0.25, -0.2) is 0 Å². The van der Waals surface area contributed by atoms with E-state index in [1.807, 2.05) is 36.4 Å². The molecule has 26 heavy (non-hydrogen) atoms. The number of carbonyl (C=O) groups is 1. The molecule has 0 N–H and O–H groups in total. The maximum Gasteiger partial charge on any atom is 0.185 e. The molecule has 0 spiro atoms. The molecule has 0 saturated carbocycles. The largest absolute Gasteiger partial charge is 0.289 e. The topological polar surface area (TPSA) is 23.6 Å². The van der Waals surface area contributed by atoms with Gasteiger partial charge in [-0.15, -0.1) is 0 Å². The molecule has 0 heterocycles. The fraction of sp³-hybridized carbons (Fsp3) is 0.435. The predicted octanol–water partition coefficient (Wildman–Crippen LogP) is 4.69. The molecule has 0 amide bonds. The number of rotatable bonds is 9. The van der Waals surface area contributed by atoms with Gasteiger partial charge in [-0.2, -0.15) is 0 Å². The molecular weight excluding hydrogens is 320 g/mol. The Morgan fingerprint density at radius 1 is 1.00 bits per heavy atom. The summed E-state index contributed by atoms with van der Waals surface area (Å²) in [5.74, 6) is 0.0456. The minimum atomic E-state index is -0.0617. The van der Waals surface area contributed by atoms with E-state index in [-0.39, 0.29) is 11.4 Å². The predicted molar refractivity (Wildman–Crippen MR) is 110 cm³/mol. The molecule has 0 aromatic heterocycles. The van der Waals surface area contributed by atoms with E-state index in [0.717, 1.165) is 43.7 Å². The summed E-state index contributed by atoms with van der Waals surface area (Å²) in [5, 5.41) is 0. The second-order valence-corrected chi connectivity index (χ2v) is 6.53. The third kappa shape index (κ3) is 4.40. The van der Waals surface area contributed by atoms with Crippen molar-refractivity contribution in [1.29, 1.82) is 0 Å². The van der Waals surface area contributed by atoms with Crippen LogP contribution in [-0.4, -0.2) is 47.4 Å². The molecule has 0 bridgehead atoms. The van der Waals surface area contributed by atoms with Crippen molar-refractivity contribution in [3.63, 3.8) is 0 Å². The first-order valence-electron chi connectivity index (χ1n) is 9.78. The van der Waals surface area contributed by atoms with Gasteiger partial charge >= 0.3 is 0 Å². The van der Waals surface area contributed by atoms with Crippen molar-refractivity contribution >= 4 is 5.78 Å². The van der Waals surface area contributed by atoms with Gasteiger partial charge in [-0.1, -0.05) is 76.3 Å². The molecule has 3 heteroatoms. The van der Waals surface area contributed by atoms with E-state index in [0.29, 0.717) is 0 Å². The Labute approximate surface area is 158 Å². The van der Waals surface area contributed by atoms with Crippen LogP contribution >= 0.6 is 0 Å². The Hall–Kier alpha value is -1.97. The minimum absolute atomic E-state index is 0.0456. The van der Waals surface area contributed by atoms with Crippen molar-refractivity contribution in [3.8, 4) is 0 Å². The summed E-state index contributed by atoms with van der Waals surface area (Å²) in [6.45, 7) is 13.0. The first kappa shape index (κ1) is 20.3. The average molecular weight is 353 g/mol. The maximum absolute atomic E-state index is 12.3. The zero-order valence-corrected chi connectivity index (χ0v) is 16.6. The summed E-state index contributed by atoms with van der Waals surface area (Å²) in [6.07, 6.45) is 11.3. The molecule has 1 aromatic rings. The van der Waals surface area contributed by atoms with Crippen molar-refractivity contribution in [2.45, 2.75) is 39.8 Å². The molecule has 0 unspecified atom stereocenters. The Bertz CT molecular complexity index is 653. The van der Waals surface area contributed by atoms with Crippen molar-refractivity contribution in [2.24, 2.45) is 0 Å². The van der Waals surface area contributed by atoms with E-state index in [1.54, 1.807) is 6.08 Å². The van der Waals surface area contributed by atoms with Crippen LogP contribution in [0.3, 0.4) is 0 Å². The number of hydrogen-bond acceptors (Lipinski definition) is 3. The molecular formula is C23H32N2O. The van der Waals surface area contributed by atoms with E-state index >= 15 is 0 Å². The summed E-state index contributed by atoms with van der Waals surface area (Å²) in [7, 11) is 0. The highest BCUT2D eigenvalue weighted by Gasteiger charge is 2.37. The van der Waals surface area contributed by atoms with E-state index in [1.165, 1.54) is 0 Å². The van der Waals surface area contributed by atoms with E-state index in [4.69, 9.17) is 0 Å². The van der Waals surface area contributed by atoms with Gasteiger partial charge in [0.1, 0.15) is 0 Å². The highest BCUT2D eigenvalue weighted by atomic mass is 16.1. The number of allylic oxidation sites excluding steroid dienone is 4. The standard InChI is InChI=1S/C23H32N2O/c1-5-24(6-2)23(25(7-3)8-4)18-16-20(17-19-23)14-15-22(26)21-12-10-9-11-13-21/h9-18H,5-8,19H2,1-4H3. The lowest BCUT2D eigenvalue weighted by atomic mass is 9.92. The first-order chi connectivity index (χ1) is 12.6.